The Labute approximate surface area is 236 Å². The van der Waals surface area contributed by atoms with E-state index < -0.39 is 46.6 Å². The molecule has 2 N–H and O–H groups in total. The Morgan fingerprint density at radius 1 is 0.976 bits per heavy atom. The van der Waals surface area contributed by atoms with Gasteiger partial charge in [0.25, 0.3) is 11.5 Å². The molecule has 4 rings (SSSR count). The van der Waals surface area contributed by atoms with Crippen LogP contribution in [0.3, 0.4) is 0 Å². The molecule has 0 unspecified atom stereocenters. The molecule has 0 spiro atoms. The van der Waals surface area contributed by atoms with E-state index in [-0.39, 0.29) is 40.0 Å². The van der Waals surface area contributed by atoms with Gasteiger partial charge in [0.1, 0.15) is 45.9 Å². The van der Waals surface area contributed by atoms with Gasteiger partial charge in [-0.05, 0) is 38.1 Å². The summed E-state index contributed by atoms with van der Waals surface area (Å²) in [6, 6.07) is 9.19. The maximum atomic E-state index is 15.3. The van der Waals surface area contributed by atoms with Crippen LogP contribution in [0.4, 0.5) is 23.2 Å². The quantitative estimate of drug-likeness (QED) is 0.274. The largest absolute Gasteiger partial charge is 0.497 e. The van der Waals surface area contributed by atoms with Crippen LogP contribution in [0.1, 0.15) is 29.9 Å². The molecule has 0 aliphatic carbocycles. The number of carbonyl (C=O) groups excluding carboxylic acids is 1. The van der Waals surface area contributed by atoms with Gasteiger partial charge in [0, 0.05) is 36.9 Å². The third-order valence-corrected chi connectivity index (χ3v) is 6.20. The van der Waals surface area contributed by atoms with Gasteiger partial charge in [-0.2, -0.15) is 13.5 Å². The van der Waals surface area contributed by atoms with Crippen molar-refractivity contribution in [2.75, 3.05) is 19.5 Å². The lowest BCUT2D eigenvalue weighted by atomic mass is 10.0. The maximum absolute atomic E-state index is 15.3. The Balaban J connectivity index is 1.94. The monoisotopic (exact) mass is 590 g/mol. The minimum absolute atomic E-state index is 0.0723. The number of rotatable bonds is 9. The lowest BCUT2D eigenvalue weighted by Gasteiger charge is -2.19. The van der Waals surface area contributed by atoms with Gasteiger partial charge in [0.05, 0.1) is 25.5 Å². The average Bonchev–Trinajstić information content (AvgIpc) is 3.16. The van der Waals surface area contributed by atoms with Crippen LogP contribution in [0.2, 0.25) is 0 Å². The third-order valence-electron chi connectivity index (χ3n) is 6.20. The molecule has 222 valence electrons. The first-order valence-corrected chi connectivity index (χ1v) is 12.3. The molecule has 2 aromatic heterocycles. The molecule has 10 nitrogen and oxygen atoms in total. The van der Waals surface area contributed by atoms with Gasteiger partial charge in [0.2, 0.25) is 0 Å². The number of anilines is 1. The number of amides is 1. The van der Waals surface area contributed by atoms with Gasteiger partial charge >= 0.3 is 6.61 Å². The zero-order valence-electron chi connectivity index (χ0n) is 23.0. The standard InChI is InChI=1S/C28H26F4N4O6/c1-28(2,39)20-12-17(41-5)13-21(33-20)36-26(38)23(34-25(37)14-6-8-15(9-7-14)42-27(31)32)24(35(36)3)22-18(29)10-16(40-4)11-19(22)30/h6-13,27,39H,1-5H3,(H,34,37). The van der Waals surface area contributed by atoms with E-state index in [2.05, 4.69) is 15.0 Å². The van der Waals surface area contributed by atoms with Crippen molar-refractivity contribution >= 4 is 11.6 Å². The number of aliphatic hydroxyl groups is 1. The van der Waals surface area contributed by atoms with Crippen LogP contribution in [-0.4, -0.2) is 46.2 Å². The SMILES string of the molecule is COc1cc(-n2c(=O)c(NC(=O)c3ccc(OC(F)F)cc3)c(-c3c(F)cc(OC)cc3F)n2C)nc(C(C)(C)O)c1. The van der Waals surface area contributed by atoms with E-state index in [0.717, 1.165) is 33.6 Å². The minimum Gasteiger partial charge on any atom is -0.497 e. The van der Waals surface area contributed by atoms with Gasteiger partial charge in [-0.15, -0.1) is 0 Å². The molecular weight excluding hydrogens is 564 g/mol. The topological polar surface area (TPSA) is 117 Å². The van der Waals surface area contributed by atoms with E-state index in [1.54, 1.807) is 0 Å². The maximum Gasteiger partial charge on any atom is 0.387 e. The summed E-state index contributed by atoms with van der Waals surface area (Å²) in [5.41, 5.74) is -3.90. The summed E-state index contributed by atoms with van der Waals surface area (Å²) in [6.07, 6.45) is 0. The fourth-order valence-electron chi connectivity index (χ4n) is 4.16. The van der Waals surface area contributed by atoms with E-state index in [1.165, 1.54) is 59.4 Å². The number of alkyl halides is 2. The molecule has 2 aromatic carbocycles. The van der Waals surface area contributed by atoms with Gasteiger partial charge < -0.3 is 24.6 Å². The predicted octanol–water partition coefficient (Wildman–Crippen LogP) is 4.61. The molecule has 0 bridgehead atoms. The number of carbonyl (C=O) groups is 1. The van der Waals surface area contributed by atoms with Crippen LogP contribution in [0.25, 0.3) is 17.1 Å². The first-order chi connectivity index (χ1) is 19.7. The number of hydrogen-bond donors (Lipinski definition) is 2. The molecule has 2 heterocycles. The average molecular weight is 591 g/mol. The first-order valence-electron chi connectivity index (χ1n) is 12.3. The first kappa shape index (κ1) is 30.1. The van der Waals surface area contributed by atoms with Gasteiger partial charge in [0.15, 0.2) is 5.82 Å². The fraction of sp³-hybridized carbons (Fsp3) is 0.250. The molecule has 0 saturated heterocycles. The Morgan fingerprint density at radius 3 is 2.07 bits per heavy atom. The van der Waals surface area contributed by atoms with Crippen LogP contribution < -0.4 is 25.1 Å². The highest BCUT2D eigenvalue weighted by Crippen LogP contribution is 2.35. The van der Waals surface area contributed by atoms with Crippen molar-refractivity contribution in [2.24, 2.45) is 7.05 Å². The summed E-state index contributed by atoms with van der Waals surface area (Å²) in [5, 5.41) is 12.9. The number of nitrogens with zero attached hydrogens (tertiary/aromatic N) is 3. The molecule has 1 amide bonds. The van der Waals surface area contributed by atoms with Crippen molar-refractivity contribution in [3.8, 4) is 34.3 Å². The van der Waals surface area contributed by atoms with Crippen molar-refractivity contribution in [3.63, 3.8) is 0 Å². The van der Waals surface area contributed by atoms with Crippen molar-refractivity contribution < 1.29 is 41.7 Å². The molecule has 0 atom stereocenters. The molecule has 14 heteroatoms. The molecule has 0 aliphatic heterocycles. The molecule has 0 saturated carbocycles. The normalized spacial score (nSPS) is 11.5. The highest BCUT2D eigenvalue weighted by Gasteiger charge is 2.29. The van der Waals surface area contributed by atoms with E-state index in [0.29, 0.717) is 0 Å². The highest BCUT2D eigenvalue weighted by atomic mass is 19.3. The van der Waals surface area contributed by atoms with Crippen molar-refractivity contribution in [2.45, 2.75) is 26.1 Å². The Hall–Kier alpha value is -4.85. The van der Waals surface area contributed by atoms with Crippen molar-refractivity contribution in [3.05, 3.63) is 81.8 Å². The van der Waals surface area contributed by atoms with Crippen LogP contribution >= 0.6 is 0 Å². The third kappa shape index (κ3) is 5.93. The Kier molecular flexibility index (Phi) is 8.29. The van der Waals surface area contributed by atoms with Crippen LogP contribution in [-0.2, 0) is 12.6 Å². The summed E-state index contributed by atoms with van der Waals surface area (Å²) in [7, 11) is 3.90. The van der Waals surface area contributed by atoms with Crippen LogP contribution in [0, 0.1) is 11.6 Å². The number of aromatic nitrogens is 3. The van der Waals surface area contributed by atoms with E-state index in [9.17, 15) is 23.5 Å². The Morgan fingerprint density at radius 2 is 1.55 bits per heavy atom. The molecular formula is C28H26F4N4O6. The van der Waals surface area contributed by atoms with Crippen LogP contribution in [0.15, 0.2) is 53.3 Å². The second kappa shape index (κ2) is 11.6. The second-order valence-electron chi connectivity index (χ2n) is 9.50. The zero-order chi connectivity index (χ0) is 30.9. The molecule has 0 radical (unpaired) electrons. The van der Waals surface area contributed by atoms with E-state index >= 15 is 8.78 Å². The van der Waals surface area contributed by atoms with Crippen molar-refractivity contribution in [1.29, 1.82) is 0 Å². The number of pyridine rings is 1. The molecule has 4 aromatic rings. The Bertz CT molecular complexity index is 1670. The zero-order valence-corrected chi connectivity index (χ0v) is 23.0. The van der Waals surface area contributed by atoms with Crippen LogP contribution in [0.5, 0.6) is 17.2 Å². The lowest BCUT2D eigenvalue weighted by Crippen LogP contribution is -2.25. The van der Waals surface area contributed by atoms with Crippen molar-refractivity contribution in [1.82, 2.24) is 14.3 Å². The predicted molar refractivity (Wildman–Crippen MR) is 144 cm³/mol. The van der Waals surface area contributed by atoms with Gasteiger partial charge in [-0.25, -0.2) is 13.8 Å². The molecule has 0 fully saturated rings. The summed E-state index contributed by atoms with van der Waals surface area (Å²) in [4.78, 5) is 31.4. The second-order valence-corrected chi connectivity index (χ2v) is 9.50. The van der Waals surface area contributed by atoms with Gasteiger partial charge in [-0.1, -0.05) is 0 Å². The fourth-order valence-corrected chi connectivity index (χ4v) is 4.16. The number of benzene rings is 2. The number of ether oxygens (including phenoxy) is 3. The minimum atomic E-state index is -3.08. The summed E-state index contributed by atoms with van der Waals surface area (Å²) < 4.78 is 72.2. The van der Waals surface area contributed by atoms with E-state index in [1.807, 2.05) is 0 Å². The molecule has 42 heavy (non-hydrogen) atoms. The smallest absolute Gasteiger partial charge is 0.387 e. The number of halogens is 4. The number of nitrogens with one attached hydrogen (secondary N) is 1. The van der Waals surface area contributed by atoms with Gasteiger partial charge in [-0.3, -0.25) is 14.3 Å². The van der Waals surface area contributed by atoms with E-state index in [4.69, 9.17) is 9.47 Å². The number of methoxy groups -OCH3 is 2. The number of hydrogen-bond acceptors (Lipinski definition) is 7. The summed E-state index contributed by atoms with van der Waals surface area (Å²) >= 11 is 0. The molecule has 0 aliphatic rings. The highest BCUT2D eigenvalue weighted by molar-refractivity contribution is 6.06. The summed E-state index contributed by atoms with van der Waals surface area (Å²) in [5.74, 6) is -3.30. The lowest BCUT2D eigenvalue weighted by molar-refractivity contribution is -0.0498. The summed E-state index contributed by atoms with van der Waals surface area (Å²) in [6.45, 7) is -0.154.